The number of benzene rings is 1. The Labute approximate surface area is 166 Å². The van der Waals surface area contributed by atoms with E-state index in [0.29, 0.717) is 12.0 Å². The van der Waals surface area contributed by atoms with Crippen molar-refractivity contribution in [2.45, 2.75) is 18.9 Å². The molecule has 3 rings (SSSR count). The lowest BCUT2D eigenvalue weighted by molar-refractivity contribution is -0.132. The summed E-state index contributed by atoms with van der Waals surface area (Å²) >= 11 is 0.767. The monoisotopic (exact) mass is 426 g/mol. The molecule has 2 aliphatic rings. The van der Waals surface area contributed by atoms with Gasteiger partial charge in [0.25, 0.3) is 11.1 Å². The van der Waals surface area contributed by atoms with Crippen LogP contribution in [0.25, 0.3) is 6.08 Å². The van der Waals surface area contributed by atoms with Gasteiger partial charge in [0.15, 0.2) is 9.84 Å². The van der Waals surface area contributed by atoms with Crippen molar-refractivity contribution in [3.05, 3.63) is 40.6 Å². The smallest absolute Gasteiger partial charge is 0.293 e. The Kier molecular flexibility index (Phi) is 5.90. The summed E-state index contributed by atoms with van der Waals surface area (Å²) < 4.78 is 36.1. The Hall–Kier alpha value is -2.20. The van der Waals surface area contributed by atoms with Gasteiger partial charge in [-0.25, -0.2) is 12.8 Å². The second kappa shape index (κ2) is 8.04. The van der Waals surface area contributed by atoms with E-state index in [4.69, 9.17) is 0 Å². The number of thioether (sulfide) groups is 1. The number of carbonyl (C=O) groups excluding carboxylic acids is 3. The molecule has 0 radical (unpaired) electrons. The quantitative estimate of drug-likeness (QED) is 0.668. The highest BCUT2D eigenvalue weighted by Gasteiger charge is 2.36. The summed E-state index contributed by atoms with van der Waals surface area (Å²) in [6, 6.07) is 5.14. The van der Waals surface area contributed by atoms with E-state index in [2.05, 4.69) is 0 Å². The van der Waals surface area contributed by atoms with Gasteiger partial charge in [-0.05, 0) is 42.0 Å². The molecule has 7 nitrogen and oxygen atoms in total. The lowest BCUT2D eigenvalue weighted by atomic mass is 10.2. The van der Waals surface area contributed by atoms with Crippen LogP contribution < -0.4 is 0 Å². The first-order valence-corrected chi connectivity index (χ1v) is 11.3. The summed E-state index contributed by atoms with van der Waals surface area (Å²) in [5.41, 5.74) is 0.588. The van der Waals surface area contributed by atoms with E-state index in [9.17, 15) is 27.2 Å². The fraction of sp³-hybridized carbons (Fsp3) is 0.389. The normalized spacial score (nSPS) is 22.9. The van der Waals surface area contributed by atoms with Crippen LogP contribution in [0.4, 0.5) is 9.18 Å². The molecule has 1 unspecified atom stereocenters. The second-order valence-electron chi connectivity index (χ2n) is 6.70. The molecule has 28 heavy (non-hydrogen) atoms. The van der Waals surface area contributed by atoms with Crippen LogP contribution in [0, 0.1) is 5.82 Å². The number of nitrogens with zero attached hydrogens (tertiary/aromatic N) is 2. The highest BCUT2D eigenvalue weighted by atomic mass is 32.2. The van der Waals surface area contributed by atoms with Crippen LogP contribution >= 0.6 is 11.8 Å². The zero-order valence-electron chi connectivity index (χ0n) is 15.1. The number of carbonyl (C=O) groups is 3. The number of hydrogen-bond donors (Lipinski definition) is 0. The Morgan fingerprint density at radius 2 is 2.00 bits per heavy atom. The van der Waals surface area contributed by atoms with Gasteiger partial charge in [-0.1, -0.05) is 12.1 Å². The molecule has 10 heteroatoms. The number of imide groups is 1. The van der Waals surface area contributed by atoms with Crippen molar-refractivity contribution in [3.63, 3.8) is 0 Å². The molecule has 150 valence electrons. The Bertz CT molecular complexity index is 943. The van der Waals surface area contributed by atoms with Gasteiger partial charge in [0.05, 0.1) is 16.4 Å². The molecule has 0 aromatic heterocycles. The minimum absolute atomic E-state index is 0.0583. The molecule has 2 fully saturated rings. The molecule has 0 spiro atoms. The van der Waals surface area contributed by atoms with Crippen molar-refractivity contribution in [2.24, 2.45) is 0 Å². The molecule has 1 aromatic carbocycles. The van der Waals surface area contributed by atoms with Crippen LogP contribution in [-0.4, -0.2) is 66.4 Å². The molecule has 2 aliphatic heterocycles. The summed E-state index contributed by atoms with van der Waals surface area (Å²) in [6.45, 7) is -0.0753. The summed E-state index contributed by atoms with van der Waals surface area (Å²) in [5, 5.41) is -0.475. The van der Waals surface area contributed by atoms with E-state index >= 15 is 0 Å². The largest absolute Gasteiger partial charge is 0.342 e. The first-order valence-electron chi connectivity index (χ1n) is 8.63. The van der Waals surface area contributed by atoms with E-state index in [1.54, 1.807) is 0 Å². The van der Waals surface area contributed by atoms with Gasteiger partial charge in [-0.2, -0.15) is 0 Å². The third-order valence-electron chi connectivity index (χ3n) is 4.74. The first-order chi connectivity index (χ1) is 13.2. The first kappa shape index (κ1) is 20.5. The fourth-order valence-electron chi connectivity index (χ4n) is 3.07. The minimum Gasteiger partial charge on any atom is -0.342 e. The topological polar surface area (TPSA) is 91.8 Å². The average molecular weight is 426 g/mol. The van der Waals surface area contributed by atoms with Gasteiger partial charge >= 0.3 is 0 Å². The van der Waals surface area contributed by atoms with Crippen LogP contribution in [0.5, 0.6) is 0 Å². The summed E-state index contributed by atoms with van der Waals surface area (Å²) in [7, 11) is -1.57. The number of hydrogen-bond acceptors (Lipinski definition) is 6. The zero-order chi connectivity index (χ0) is 20.5. The van der Waals surface area contributed by atoms with Gasteiger partial charge in [0.1, 0.15) is 5.82 Å². The molecule has 0 saturated carbocycles. The van der Waals surface area contributed by atoms with Gasteiger partial charge < -0.3 is 4.90 Å². The Morgan fingerprint density at radius 1 is 1.32 bits per heavy atom. The second-order valence-corrected chi connectivity index (χ2v) is 9.92. The molecule has 0 aliphatic carbocycles. The molecule has 0 bridgehead atoms. The number of rotatable bonds is 5. The summed E-state index contributed by atoms with van der Waals surface area (Å²) in [6.07, 6.45) is 1.82. The fourth-order valence-corrected chi connectivity index (χ4v) is 5.71. The lowest BCUT2D eigenvalue weighted by Crippen LogP contribution is -2.40. The highest BCUT2D eigenvalue weighted by molar-refractivity contribution is 8.18. The number of halogens is 1. The van der Waals surface area contributed by atoms with E-state index in [1.165, 1.54) is 42.3 Å². The maximum absolute atomic E-state index is 13.0. The molecular weight excluding hydrogens is 407 g/mol. The maximum Gasteiger partial charge on any atom is 0.293 e. The molecule has 1 atom stereocenters. The number of amides is 3. The van der Waals surface area contributed by atoms with E-state index < -0.39 is 26.8 Å². The standard InChI is InChI=1S/C18H19FN2O5S2/c1-20(14-7-9-28(25,26)11-14)16(22)6-8-21-17(23)15(27-18(21)24)10-12-2-4-13(19)5-3-12/h2-5,10,14H,6-9,11H2,1H3/b15-10-. The van der Waals surface area contributed by atoms with Gasteiger partial charge in [-0.15, -0.1) is 0 Å². The highest BCUT2D eigenvalue weighted by Crippen LogP contribution is 2.32. The van der Waals surface area contributed by atoms with Crippen LogP contribution in [-0.2, 0) is 19.4 Å². The van der Waals surface area contributed by atoms with Crippen LogP contribution in [0.1, 0.15) is 18.4 Å². The summed E-state index contributed by atoms with van der Waals surface area (Å²) in [4.78, 5) is 39.5. The van der Waals surface area contributed by atoms with Crippen LogP contribution in [0.15, 0.2) is 29.2 Å². The lowest BCUT2D eigenvalue weighted by Gasteiger charge is -2.24. The van der Waals surface area contributed by atoms with Crippen molar-refractivity contribution in [1.29, 1.82) is 0 Å². The van der Waals surface area contributed by atoms with Gasteiger partial charge in [-0.3, -0.25) is 19.3 Å². The average Bonchev–Trinajstić information content (AvgIpc) is 3.13. The van der Waals surface area contributed by atoms with Crippen molar-refractivity contribution in [2.75, 3.05) is 25.1 Å². The van der Waals surface area contributed by atoms with Crippen LogP contribution in [0.2, 0.25) is 0 Å². The maximum atomic E-state index is 13.0. The van der Waals surface area contributed by atoms with Gasteiger partial charge in [0, 0.05) is 26.1 Å². The predicted molar refractivity (Wildman–Crippen MR) is 104 cm³/mol. The Morgan fingerprint density at radius 3 is 2.61 bits per heavy atom. The van der Waals surface area contributed by atoms with E-state index in [0.717, 1.165) is 16.7 Å². The molecule has 2 saturated heterocycles. The zero-order valence-corrected chi connectivity index (χ0v) is 16.8. The predicted octanol–water partition coefficient (Wildman–Crippen LogP) is 1.90. The van der Waals surface area contributed by atoms with Gasteiger partial charge in [0.2, 0.25) is 5.91 Å². The Balaban J connectivity index is 1.60. The van der Waals surface area contributed by atoms with E-state index in [-0.39, 0.29) is 41.3 Å². The van der Waals surface area contributed by atoms with Crippen molar-refractivity contribution in [3.8, 4) is 0 Å². The molecule has 3 amide bonds. The SMILES string of the molecule is CN(C(=O)CCN1C(=O)S/C(=C\c2ccc(F)cc2)C1=O)C1CCS(=O)(=O)C1. The van der Waals surface area contributed by atoms with Crippen molar-refractivity contribution >= 4 is 44.7 Å². The third kappa shape index (κ3) is 4.61. The number of sulfone groups is 1. The van der Waals surface area contributed by atoms with Crippen molar-refractivity contribution < 1.29 is 27.2 Å². The molecule has 0 N–H and O–H groups in total. The summed E-state index contributed by atoms with van der Waals surface area (Å²) in [5.74, 6) is -1.21. The van der Waals surface area contributed by atoms with E-state index in [1.807, 2.05) is 0 Å². The van der Waals surface area contributed by atoms with Crippen LogP contribution in [0.3, 0.4) is 0 Å². The molecule has 1 aromatic rings. The van der Waals surface area contributed by atoms with Crippen molar-refractivity contribution in [1.82, 2.24) is 9.80 Å². The third-order valence-corrected chi connectivity index (χ3v) is 7.40. The minimum atomic E-state index is -3.11. The molecular formula is C18H19FN2O5S2. The molecule has 2 heterocycles.